The molecule has 203 valence electrons. The summed E-state index contributed by atoms with van der Waals surface area (Å²) >= 11 is 0. The van der Waals surface area contributed by atoms with Crippen molar-refractivity contribution in [3.05, 3.63) is 128 Å². The van der Waals surface area contributed by atoms with Crippen LogP contribution in [0.5, 0.6) is 11.5 Å². The number of hydrogen-bond donors (Lipinski definition) is 1. The van der Waals surface area contributed by atoms with Gasteiger partial charge in [0.15, 0.2) is 11.6 Å². The maximum absolute atomic E-state index is 5.33. The minimum Gasteiger partial charge on any atom is -0.498 e. The number of ether oxygens (including phenoxy) is 2. The maximum atomic E-state index is 5.33. The van der Waals surface area contributed by atoms with Crippen molar-refractivity contribution in [2.75, 3.05) is 13.8 Å². The average molecular weight is 710 g/mol. The van der Waals surface area contributed by atoms with E-state index in [-0.39, 0.29) is 26.5 Å². The fourth-order valence-corrected chi connectivity index (χ4v) is 3.25. The van der Waals surface area contributed by atoms with Crippen LogP contribution in [0.4, 0.5) is 0 Å². The van der Waals surface area contributed by atoms with E-state index >= 15 is 0 Å². The van der Waals surface area contributed by atoms with E-state index in [4.69, 9.17) is 15.2 Å². The van der Waals surface area contributed by atoms with Gasteiger partial charge in [-0.3, -0.25) is 5.73 Å². The second-order valence-electron chi connectivity index (χ2n) is 7.61. The minimum atomic E-state index is 0. The van der Waals surface area contributed by atoms with Crippen molar-refractivity contribution >= 4 is 0 Å². The molecule has 1 radical (unpaired) electrons. The fourth-order valence-electron chi connectivity index (χ4n) is 3.25. The molecule has 0 saturated heterocycles. The zero-order valence-electron chi connectivity index (χ0n) is 21.6. The topological polar surface area (TPSA) is 119 Å². The standard InChI is InChI=1S/C13H13N2O2.2C8H7N3.Os/c1-16-11-5-6-15-13(8-11)10-3-2-4-12(7-10)17-9-14;2*1-2-5-9-8(4-1)11-7-3-6-10-11;/h2,4-8H,9,14H2,1H3;2*1-7H;/q-1;;;+1. The van der Waals surface area contributed by atoms with Crippen molar-refractivity contribution in [2.45, 2.75) is 0 Å². The molecule has 0 fully saturated rings. The Kier molecular flexibility index (Phi) is 12.2. The number of nitrogens with two attached hydrogens (primary N) is 1. The fraction of sp³-hybridized carbons (Fsp3) is 0.0690. The molecule has 5 aromatic heterocycles. The van der Waals surface area contributed by atoms with Crippen LogP contribution in [-0.4, -0.2) is 48.4 Å². The Bertz CT molecular complexity index is 1430. The first-order valence-electron chi connectivity index (χ1n) is 11.9. The Balaban J connectivity index is 0.000000169. The third-order valence-electron chi connectivity index (χ3n) is 5.04. The van der Waals surface area contributed by atoms with Gasteiger partial charge in [-0.05, 0) is 54.2 Å². The summed E-state index contributed by atoms with van der Waals surface area (Å²) < 4.78 is 13.8. The number of hydrogen-bond acceptors (Lipinski definition) is 8. The summed E-state index contributed by atoms with van der Waals surface area (Å²) in [5.74, 6) is 3.15. The van der Waals surface area contributed by atoms with Gasteiger partial charge in [0.25, 0.3) is 0 Å². The molecule has 10 nitrogen and oxygen atoms in total. The van der Waals surface area contributed by atoms with Crippen molar-refractivity contribution in [2.24, 2.45) is 5.73 Å². The Labute approximate surface area is 245 Å². The largest absolute Gasteiger partial charge is 1.00 e. The number of methoxy groups -OCH3 is 1. The van der Waals surface area contributed by atoms with Crippen LogP contribution in [0.25, 0.3) is 22.9 Å². The van der Waals surface area contributed by atoms with Crippen LogP contribution in [0.3, 0.4) is 0 Å². The molecule has 5 heterocycles. The Morgan fingerprint density at radius 2 is 1.38 bits per heavy atom. The first-order valence-corrected chi connectivity index (χ1v) is 11.9. The second-order valence-corrected chi connectivity index (χ2v) is 7.61. The van der Waals surface area contributed by atoms with Gasteiger partial charge in [-0.25, -0.2) is 19.3 Å². The third kappa shape index (κ3) is 8.94. The first-order chi connectivity index (χ1) is 19.3. The SMILES string of the molecule is COc1ccnc(-c2[c-]ccc(OCN)c2)c1.[Os+].c1ccc(-n2cccn2)nc1.c1ccc(-n2cccn2)nc1. The van der Waals surface area contributed by atoms with Gasteiger partial charge in [0.2, 0.25) is 0 Å². The predicted molar refractivity (Wildman–Crippen MR) is 147 cm³/mol. The van der Waals surface area contributed by atoms with Crippen LogP contribution >= 0.6 is 0 Å². The molecule has 0 unspecified atom stereocenters. The molecule has 11 heteroatoms. The molecule has 6 aromatic rings. The molecule has 0 spiro atoms. The quantitative estimate of drug-likeness (QED) is 0.200. The Hall–Kier alpha value is -4.71. The second kappa shape index (κ2) is 16.3. The molecule has 0 aliphatic heterocycles. The monoisotopic (exact) mass is 711 g/mol. The van der Waals surface area contributed by atoms with Crippen molar-refractivity contribution < 1.29 is 29.3 Å². The van der Waals surface area contributed by atoms with Gasteiger partial charge in [-0.2, -0.15) is 10.2 Å². The van der Waals surface area contributed by atoms with Gasteiger partial charge in [0, 0.05) is 49.1 Å². The first kappa shape index (κ1) is 29.8. The number of rotatable bonds is 6. The molecule has 0 saturated carbocycles. The normalized spacial score (nSPS) is 9.65. The zero-order valence-corrected chi connectivity index (χ0v) is 24.2. The van der Waals surface area contributed by atoms with Crippen LogP contribution < -0.4 is 15.2 Å². The van der Waals surface area contributed by atoms with E-state index < -0.39 is 0 Å². The van der Waals surface area contributed by atoms with E-state index in [1.807, 2.05) is 73.1 Å². The minimum absolute atomic E-state index is 0. The van der Waals surface area contributed by atoms with Crippen molar-refractivity contribution in [1.29, 1.82) is 0 Å². The van der Waals surface area contributed by atoms with Gasteiger partial charge >= 0.3 is 19.8 Å². The summed E-state index contributed by atoms with van der Waals surface area (Å²) in [5, 5.41) is 8.08. The molecular formula is C29H27N8O2Os. The number of aromatic nitrogens is 7. The summed E-state index contributed by atoms with van der Waals surface area (Å²) in [4.78, 5) is 12.5. The molecular weight excluding hydrogens is 683 g/mol. The van der Waals surface area contributed by atoms with E-state index in [2.05, 4.69) is 31.2 Å². The number of nitrogens with zero attached hydrogens (tertiary/aromatic N) is 7. The Morgan fingerprint density at radius 1 is 0.725 bits per heavy atom. The summed E-state index contributed by atoms with van der Waals surface area (Å²) in [7, 11) is 1.62. The zero-order chi connectivity index (χ0) is 27.1. The molecule has 6 rings (SSSR count). The molecule has 2 N–H and O–H groups in total. The van der Waals surface area contributed by atoms with E-state index in [1.54, 1.807) is 65.7 Å². The van der Waals surface area contributed by atoms with Gasteiger partial charge in [-0.15, -0.1) is 29.8 Å². The number of benzene rings is 1. The third-order valence-corrected chi connectivity index (χ3v) is 5.04. The summed E-state index contributed by atoms with van der Waals surface area (Å²) in [6.07, 6.45) is 12.4. The average Bonchev–Trinajstić information content (AvgIpc) is 3.75. The molecule has 0 atom stereocenters. The van der Waals surface area contributed by atoms with Crippen LogP contribution in [-0.2, 0) is 19.8 Å². The van der Waals surface area contributed by atoms with Gasteiger partial charge in [0.1, 0.15) is 12.5 Å². The van der Waals surface area contributed by atoms with Crippen molar-refractivity contribution in [1.82, 2.24) is 34.5 Å². The molecule has 0 bridgehead atoms. The van der Waals surface area contributed by atoms with Crippen LogP contribution in [0, 0.1) is 6.07 Å². The Morgan fingerprint density at radius 3 is 1.88 bits per heavy atom. The van der Waals surface area contributed by atoms with E-state index in [0.29, 0.717) is 5.75 Å². The van der Waals surface area contributed by atoms with Crippen molar-refractivity contribution in [3.8, 4) is 34.4 Å². The summed E-state index contributed by atoms with van der Waals surface area (Å²) in [5.41, 5.74) is 6.95. The van der Waals surface area contributed by atoms with E-state index in [9.17, 15) is 0 Å². The molecule has 40 heavy (non-hydrogen) atoms. The van der Waals surface area contributed by atoms with Gasteiger partial charge in [-0.1, -0.05) is 12.1 Å². The van der Waals surface area contributed by atoms with Gasteiger partial charge in [0.05, 0.1) is 7.11 Å². The van der Waals surface area contributed by atoms with Crippen LogP contribution in [0.2, 0.25) is 0 Å². The maximum Gasteiger partial charge on any atom is 1.00 e. The molecule has 1 aromatic carbocycles. The van der Waals surface area contributed by atoms with E-state index in [0.717, 1.165) is 28.6 Å². The van der Waals surface area contributed by atoms with Crippen LogP contribution in [0.15, 0.2) is 122 Å². The summed E-state index contributed by atoms with van der Waals surface area (Å²) in [6.45, 7) is 0.148. The number of pyridine rings is 3. The smallest absolute Gasteiger partial charge is 0.498 e. The van der Waals surface area contributed by atoms with Gasteiger partial charge < -0.3 is 14.5 Å². The molecule has 0 aliphatic rings. The predicted octanol–water partition coefficient (Wildman–Crippen LogP) is 4.38. The van der Waals surface area contributed by atoms with Crippen LogP contribution in [0.1, 0.15) is 0 Å². The molecule has 0 aliphatic carbocycles. The molecule has 0 amide bonds. The van der Waals surface area contributed by atoms with Crippen molar-refractivity contribution in [3.63, 3.8) is 0 Å². The van der Waals surface area contributed by atoms with E-state index in [1.165, 1.54) is 0 Å². The summed E-state index contributed by atoms with van der Waals surface area (Å²) in [6, 6.07) is 27.4.